The average molecular weight is 245 g/mol. The third-order valence-corrected chi connectivity index (χ3v) is 3.39. The van der Waals surface area contributed by atoms with Crippen LogP contribution in [-0.2, 0) is 18.9 Å². The summed E-state index contributed by atoms with van der Waals surface area (Å²) < 4.78 is 2.24. The molecule has 1 aromatic heterocycles. The molecule has 2 rings (SSSR count). The topological polar surface area (TPSA) is 29.9 Å². The van der Waals surface area contributed by atoms with Crippen molar-refractivity contribution in [2.24, 2.45) is 7.05 Å². The number of fused-ring (bicyclic) bond motifs is 1. The van der Waals surface area contributed by atoms with E-state index in [-0.39, 0.29) is 5.41 Å². The van der Waals surface area contributed by atoms with E-state index in [1.807, 2.05) is 7.05 Å². The first-order valence-corrected chi connectivity index (χ1v) is 6.54. The molecule has 2 aromatic rings. The minimum Gasteiger partial charge on any atom is -0.331 e. The summed E-state index contributed by atoms with van der Waals surface area (Å²) in [4.78, 5) is 4.75. The van der Waals surface area contributed by atoms with Crippen molar-refractivity contribution in [2.45, 2.75) is 32.6 Å². The number of benzene rings is 1. The molecule has 0 saturated heterocycles. The van der Waals surface area contributed by atoms with Crippen LogP contribution in [0.25, 0.3) is 11.0 Å². The van der Waals surface area contributed by atoms with Crippen LogP contribution in [0.2, 0.25) is 0 Å². The van der Waals surface area contributed by atoms with Crippen LogP contribution in [0.4, 0.5) is 0 Å². The highest BCUT2D eigenvalue weighted by molar-refractivity contribution is 5.80. The van der Waals surface area contributed by atoms with Crippen LogP contribution in [0.1, 0.15) is 32.2 Å². The van der Waals surface area contributed by atoms with Crippen molar-refractivity contribution in [3.8, 4) is 0 Å². The summed E-state index contributed by atoms with van der Waals surface area (Å²) >= 11 is 0. The molecule has 18 heavy (non-hydrogen) atoms. The van der Waals surface area contributed by atoms with E-state index in [9.17, 15) is 0 Å². The Kier molecular flexibility index (Phi) is 3.44. The van der Waals surface area contributed by atoms with Gasteiger partial charge in [-0.05, 0) is 24.1 Å². The molecular weight excluding hydrogens is 222 g/mol. The number of rotatable bonds is 3. The van der Waals surface area contributed by atoms with Gasteiger partial charge in [0.2, 0.25) is 0 Å². The lowest BCUT2D eigenvalue weighted by Gasteiger charge is -2.20. The SMILES string of the molecule is CNCCc1nc2cccc(C(C)(C)C)c2n1C. The maximum absolute atomic E-state index is 4.75. The molecule has 1 aromatic carbocycles. The third-order valence-electron chi connectivity index (χ3n) is 3.39. The number of likely N-dealkylation sites (N-methyl/N-ethyl adjacent to an activating group) is 1. The lowest BCUT2D eigenvalue weighted by atomic mass is 9.86. The summed E-state index contributed by atoms with van der Waals surface area (Å²) in [5, 5.41) is 3.18. The molecule has 3 nitrogen and oxygen atoms in total. The zero-order valence-electron chi connectivity index (χ0n) is 12.0. The van der Waals surface area contributed by atoms with Crippen LogP contribution < -0.4 is 5.32 Å². The number of aryl methyl sites for hydroxylation is 1. The van der Waals surface area contributed by atoms with Crippen LogP contribution in [0, 0.1) is 0 Å². The molecule has 0 radical (unpaired) electrons. The van der Waals surface area contributed by atoms with Crippen molar-refractivity contribution in [3.05, 3.63) is 29.6 Å². The molecule has 0 spiro atoms. The molecule has 0 unspecified atom stereocenters. The second-order valence-corrected chi connectivity index (χ2v) is 5.86. The molecule has 0 aliphatic heterocycles. The second kappa shape index (κ2) is 4.73. The fourth-order valence-electron chi connectivity index (χ4n) is 2.38. The summed E-state index contributed by atoms with van der Waals surface area (Å²) in [5.41, 5.74) is 3.89. The van der Waals surface area contributed by atoms with Gasteiger partial charge in [0.15, 0.2) is 0 Å². The smallest absolute Gasteiger partial charge is 0.110 e. The standard InChI is InChI=1S/C15H23N3/c1-15(2,3)11-7-6-8-12-14(11)18(5)13(17-12)9-10-16-4/h6-8,16H,9-10H2,1-5H3. The zero-order valence-corrected chi connectivity index (χ0v) is 12.0. The maximum Gasteiger partial charge on any atom is 0.110 e. The highest BCUT2D eigenvalue weighted by atomic mass is 15.1. The molecule has 0 aliphatic carbocycles. The number of nitrogens with one attached hydrogen (secondary N) is 1. The number of imidazole rings is 1. The van der Waals surface area contributed by atoms with E-state index in [0.717, 1.165) is 24.3 Å². The second-order valence-electron chi connectivity index (χ2n) is 5.86. The molecule has 1 heterocycles. The Morgan fingerprint density at radius 1 is 1.28 bits per heavy atom. The first-order valence-electron chi connectivity index (χ1n) is 6.54. The van der Waals surface area contributed by atoms with Gasteiger partial charge in [-0.2, -0.15) is 0 Å². The molecule has 0 bridgehead atoms. The van der Waals surface area contributed by atoms with Gasteiger partial charge in [0, 0.05) is 20.0 Å². The maximum atomic E-state index is 4.75. The van der Waals surface area contributed by atoms with Gasteiger partial charge >= 0.3 is 0 Å². The minimum atomic E-state index is 0.146. The van der Waals surface area contributed by atoms with Crippen LogP contribution in [0.5, 0.6) is 0 Å². The number of aromatic nitrogens is 2. The summed E-state index contributed by atoms with van der Waals surface area (Å²) in [5.74, 6) is 1.15. The van der Waals surface area contributed by atoms with E-state index < -0.39 is 0 Å². The third kappa shape index (κ3) is 2.27. The van der Waals surface area contributed by atoms with Crippen molar-refractivity contribution >= 4 is 11.0 Å². The monoisotopic (exact) mass is 245 g/mol. The van der Waals surface area contributed by atoms with Gasteiger partial charge in [0.05, 0.1) is 11.0 Å². The average Bonchev–Trinajstić information content (AvgIpc) is 2.62. The van der Waals surface area contributed by atoms with E-state index in [1.54, 1.807) is 0 Å². The van der Waals surface area contributed by atoms with Gasteiger partial charge in [-0.3, -0.25) is 0 Å². The first-order chi connectivity index (χ1) is 8.45. The van der Waals surface area contributed by atoms with Crippen LogP contribution in [0.3, 0.4) is 0 Å². The Bertz CT molecular complexity index is 547. The van der Waals surface area contributed by atoms with Gasteiger partial charge in [-0.1, -0.05) is 32.9 Å². The van der Waals surface area contributed by atoms with Crippen molar-refractivity contribution in [2.75, 3.05) is 13.6 Å². The molecule has 0 aliphatic rings. The molecular formula is C15H23N3. The minimum absolute atomic E-state index is 0.146. The lowest BCUT2D eigenvalue weighted by Crippen LogP contribution is -2.15. The molecule has 0 saturated carbocycles. The number of hydrogen-bond donors (Lipinski definition) is 1. The molecule has 3 heteroatoms. The van der Waals surface area contributed by atoms with Crippen LogP contribution >= 0.6 is 0 Å². The van der Waals surface area contributed by atoms with Crippen molar-refractivity contribution in [1.29, 1.82) is 0 Å². The Balaban J connectivity index is 2.59. The van der Waals surface area contributed by atoms with Crippen LogP contribution in [-0.4, -0.2) is 23.1 Å². The summed E-state index contributed by atoms with van der Waals surface area (Å²) in [7, 11) is 4.10. The normalized spacial score (nSPS) is 12.3. The van der Waals surface area contributed by atoms with Gasteiger partial charge in [-0.15, -0.1) is 0 Å². The van der Waals surface area contributed by atoms with E-state index in [2.05, 4.69) is 55.9 Å². The lowest BCUT2D eigenvalue weighted by molar-refractivity contribution is 0.591. The number of para-hydroxylation sites is 1. The Labute approximate surface area is 109 Å². The van der Waals surface area contributed by atoms with E-state index in [4.69, 9.17) is 4.98 Å². The van der Waals surface area contributed by atoms with Crippen LogP contribution in [0.15, 0.2) is 18.2 Å². The summed E-state index contributed by atoms with van der Waals surface area (Å²) in [6, 6.07) is 6.43. The molecule has 98 valence electrons. The van der Waals surface area contributed by atoms with E-state index >= 15 is 0 Å². The fraction of sp³-hybridized carbons (Fsp3) is 0.533. The van der Waals surface area contributed by atoms with E-state index in [0.29, 0.717) is 0 Å². The van der Waals surface area contributed by atoms with E-state index in [1.165, 1.54) is 11.1 Å². The highest BCUT2D eigenvalue weighted by Gasteiger charge is 2.20. The predicted molar refractivity (Wildman–Crippen MR) is 77.0 cm³/mol. The summed E-state index contributed by atoms with van der Waals surface area (Å²) in [6.07, 6.45) is 0.964. The summed E-state index contributed by atoms with van der Waals surface area (Å²) in [6.45, 7) is 7.72. The Morgan fingerprint density at radius 2 is 2.00 bits per heavy atom. The molecule has 0 fully saturated rings. The Hall–Kier alpha value is -1.35. The number of hydrogen-bond acceptors (Lipinski definition) is 2. The quantitative estimate of drug-likeness (QED) is 0.901. The fourth-order valence-corrected chi connectivity index (χ4v) is 2.38. The molecule has 0 atom stereocenters. The zero-order chi connectivity index (χ0) is 13.3. The highest BCUT2D eigenvalue weighted by Crippen LogP contribution is 2.30. The predicted octanol–water partition coefficient (Wildman–Crippen LogP) is 2.63. The first kappa shape index (κ1) is 13.1. The molecule has 0 amide bonds. The van der Waals surface area contributed by atoms with Crippen molar-refractivity contribution in [3.63, 3.8) is 0 Å². The van der Waals surface area contributed by atoms with Gasteiger partial charge in [0.25, 0.3) is 0 Å². The van der Waals surface area contributed by atoms with Gasteiger partial charge in [0.1, 0.15) is 5.82 Å². The molecule has 1 N–H and O–H groups in total. The largest absolute Gasteiger partial charge is 0.331 e. The Morgan fingerprint density at radius 3 is 2.61 bits per heavy atom. The van der Waals surface area contributed by atoms with Crippen molar-refractivity contribution < 1.29 is 0 Å². The van der Waals surface area contributed by atoms with Gasteiger partial charge in [-0.25, -0.2) is 4.98 Å². The van der Waals surface area contributed by atoms with Crippen molar-refractivity contribution in [1.82, 2.24) is 14.9 Å². The number of nitrogens with zero attached hydrogens (tertiary/aromatic N) is 2. The van der Waals surface area contributed by atoms with Gasteiger partial charge < -0.3 is 9.88 Å².